The van der Waals surface area contributed by atoms with Crippen molar-refractivity contribution in [2.45, 2.75) is 72.3 Å². The molecule has 2 aromatic carbocycles. The Hall–Kier alpha value is -2.96. The predicted octanol–water partition coefficient (Wildman–Crippen LogP) is 7.78. The highest BCUT2D eigenvalue weighted by Gasteiger charge is 2.48. The zero-order valence-electron chi connectivity index (χ0n) is 24.6. The van der Waals surface area contributed by atoms with Crippen LogP contribution in [0.2, 0.25) is 5.02 Å². The minimum Gasteiger partial charge on any atom is -0.487 e. The molecule has 3 aliphatic rings. The summed E-state index contributed by atoms with van der Waals surface area (Å²) in [5, 5.41) is 0.359. The van der Waals surface area contributed by atoms with E-state index < -0.39 is 5.92 Å². The van der Waals surface area contributed by atoms with E-state index in [-0.39, 0.29) is 34.8 Å². The monoisotopic (exact) mass is 579 g/mol. The Balaban J connectivity index is 1.59. The highest BCUT2D eigenvalue weighted by Crippen LogP contribution is 2.54. The Morgan fingerprint density at radius 3 is 2.10 bits per heavy atom. The van der Waals surface area contributed by atoms with Crippen LogP contribution in [0.1, 0.15) is 76.8 Å². The lowest BCUT2D eigenvalue weighted by Crippen LogP contribution is -2.44. The van der Waals surface area contributed by atoms with E-state index in [0.29, 0.717) is 53.5 Å². The molecule has 5 rings (SSSR count). The molecule has 0 saturated heterocycles. The van der Waals surface area contributed by atoms with Crippen LogP contribution in [-0.4, -0.2) is 36.7 Å². The molecule has 2 aromatic rings. The van der Waals surface area contributed by atoms with E-state index in [1.165, 1.54) is 6.07 Å². The van der Waals surface area contributed by atoms with Crippen molar-refractivity contribution in [3.63, 3.8) is 0 Å². The number of nitrogens with zero attached hydrogens (tertiary/aromatic N) is 1. The molecule has 1 aliphatic heterocycles. The first-order chi connectivity index (χ1) is 19.4. The third kappa shape index (κ3) is 6.00. The molecule has 7 heteroatoms. The number of benzene rings is 2. The standard InChI is InChI=1S/C34H39ClFNO4/c1-33(2)16-25-31(27(38)18-33)30(32-26(37(25)13-8-14-40-5)17-34(3,4)19-28(32)39)21-11-12-29(23(35)15-21)41-20-22-9-6-7-10-24(22)36/h6-7,9-12,15,30H,8,13-14,16-20H2,1-5H3. The lowest BCUT2D eigenvalue weighted by atomic mass is 9.63. The van der Waals surface area contributed by atoms with E-state index in [2.05, 4.69) is 32.6 Å². The molecular formula is C34H39ClFNO4. The van der Waals surface area contributed by atoms with E-state index in [1.807, 2.05) is 6.07 Å². The van der Waals surface area contributed by atoms with Crippen LogP contribution in [-0.2, 0) is 20.9 Å². The summed E-state index contributed by atoms with van der Waals surface area (Å²) in [6, 6.07) is 11.9. The molecule has 1 heterocycles. The summed E-state index contributed by atoms with van der Waals surface area (Å²) in [6.07, 6.45) is 3.14. The van der Waals surface area contributed by atoms with E-state index in [9.17, 15) is 14.0 Å². The Morgan fingerprint density at radius 2 is 1.54 bits per heavy atom. The first-order valence-electron chi connectivity index (χ1n) is 14.4. The molecule has 0 fully saturated rings. The van der Waals surface area contributed by atoms with Gasteiger partial charge in [0.2, 0.25) is 0 Å². The SMILES string of the molecule is COCCCN1C2=C(C(=O)CC(C)(C)C2)C(c2ccc(OCc3ccccc3F)c(Cl)c2)C2=C1CC(C)(C)CC2=O. The number of halogens is 2. The molecule has 0 unspecified atom stereocenters. The topological polar surface area (TPSA) is 55.8 Å². The van der Waals surface area contributed by atoms with Crippen LogP contribution in [0.15, 0.2) is 65.0 Å². The molecule has 5 nitrogen and oxygen atoms in total. The predicted molar refractivity (Wildman–Crippen MR) is 158 cm³/mol. The molecule has 0 radical (unpaired) electrons. The molecule has 0 saturated carbocycles. The number of allylic oxidation sites excluding steroid dienone is 4. The van der Waals surface area contributed by atoms with Crippen molar-refractivity contribution < 1.29 is 23.5 Å². The Morgan fingerprint density at radius 1 is 0.927 bits per heavy atom. The normalized spacial score (nSPS) is 20.3. The summed E-state index contributed by atoms with van der Waals surface area (Å²) in [7, 11) is 1.69. The van der Waals surface area contributed by atoms with Crippen molar-refractivity contribution in [2.75, 3.05) is 20.3 Å². The fourth-order valence-corrected chi connectivity index (χ4v) is 6.85. The number of carbonyl (C=O) groups is 2. The van der Waals surface area contributed by atoms with Gasteiger partial charge in [-0.15, -0.1) is 0 Å². The van der Waals surface area contributed by atoms with Crippen LogP contribution in [0.4, 0.5) is 4.39 Å². The van der Waals surface area contributed by atoms with E-state index in [0.717, 1.165) is 36.2 Å². The smallest absolute Gasteiger partial charge is 0.162 e. The summed E-state index contributed by atoms with van der Waals surface area (Å²) in [6.45, 7) is 9.87. The number of Topliss-reactive ketones (excluding diaryl/α,β-unsaturated/α-hetero) is 2. The van der Waals surface area contributed by atoms with Crippen LogP contribution >= 0.6 is 11.6 Å². The molecule has 218 valence electrons. The second-order valence-electron chi connectivity index (χ2n) is 13.1. The van der Waals surface area contributed by atoms with Gasteiger partial charge in [0.15, 0.2) is 11.6 Å². The van der Waals surface area contributed by atoms with Crippen molar-refractivity contribution in [3.8, 4) is 5.75 Å². The van der Waals surface area contributed by atoms with Crippen LogP contribution in [0, 0.1) is 16.6 Å². The van der Waals surface area contributed by atoms with Gasteiger partial charge in [-0.1, -0.05) is 63.6 Å². The maximum Gasteiger partial charge on any atom is 0.162 e. The molecule has 0 spiro atoms. The van der Waals surface area contributed by atoms with E-state index in [1.54, 1.807) is 37.4 Å². The summed E-state index contributed by atoms with van der Waals surface area (Å²) in [4.78, 5) is 30.1. The lowest BCUT2D eigenvalue weighted by Gasteiger charge is -2.49. The Kier molecular flexibility index (Phi) is 8.19. The number of ether oxygens (including phenoxy) is 2. The molecule has 0 N–H and O–H groups in total. The van der Waals surface area contributed by atoms with Gasteiger partial charge in [-0.25, -0.2) is 4.39 Å². The van der Waals surface area contributed by atoms with Crippen LogP contribution < -0.4 is 4.74 Å². The van der Waals surface area contributed by atoms with Crippen LogP contribution in [0.3, 0.4) is 0 Å². The molecule has 0 amide bonds. The first-order valence-corrected chi connectivity index (χ1v) is 14.7. The highest BCUT2D eigenvalue weighted by atomic mass is 35.5. The fraction of sp³-hybridized carbons (Fsp3) is 0.471. The van der Waals surface area contributed by atoms with Gasteiger partial charge >= 0.3 is 0 Å². The van der Waals surface area contributed by atoms with Gasteiger partial charge in [0.25, 0.3) is 0 Å². The number of ketones is 2. The summed E-state index contributed by atoms with van der Waals surface area (Å²) < 4.78 is 25.4. The first kappa shape index (κ1) is 29.5. The van der Waals surface area contributed by atoms with Gasteiger partial charge in [-0.3, -0.25) is 9.59 Å². The largest absolute Gasteiger partial charge is 0.487 e. The summed E-state index contributed by atoms with van der Waals surface area (Å²) in [5.74, 6) is -0.236. The molecule has 2 aliphatic carbocycles. The zero-order valence-corrected chi connectivity index (χ0v) is 25.4. The van der Waals surface area contributed by atoms with Gasteiger partial charge in [0, 0.05) is 67.1 Å². The quantitative estimate of drug-likeness (QED) is 0.299. The van der Waals surface area contributed by atoms with Crippen molar-refractivity contribution >= 4 is 23.2 Å². The molecule has 0 atom stereocenters. The molecular weight excluding hydrogens is 541 g/mol. The minimum absolute atomic E-state index is 0.0390. The third-order valence-electron chi connectivity index (χ3n) is 8.38. The average Bonchev–Trinajstić information content (AvgIpc) is 2.88. The Bertz CT molecular complexity index is 1390. The van der Waals surface area contributed by atoms with Crippen LogP contribution in [0.5, 0.6) is 5.75 Å². The lowest BCUT2D eigenvalue weighted by molar-refractivity contribution is -0.119. The van der Waals surface area contributed by atoms with Crippen LogP contribution in [0.25, 0.3) is 0 Å². The molecule has 0 aromatic heterocycles. The van der Waals surface area contributed by atoms with E-state index >= 15 is 0 Å². The van der Waals surface area contributed by atoms with Crippen molar-refractivity contribution in [1.29, 1.82) is 0 Å². The second-order valence-corrected chi connectivity index (χ2v) is 13.5. The number of carbonyl (C=O) groups excluding carboxylic acids is 2. The number of hydrogen-bond donors (Lipinski definition) is 0. The number of methoxy groups -OCH3 is 1. The van der Waals surface area contributed by atoms with Gasteiger partial charge in [0.1, 0.15) is 18.2 Å². The molecule has 0 bridgehead atoms. The van der Waals surface area contributed by atoms with Gasteiger partial charge in [0.05, 0.1) is 5.02 Å². The second kappa shape index (κ2) is 11.4. The van der Waals surface area contributed by atoms with Gasteiger partial charge in [-0.05, 0) is 53.9 Å². The maximum absolute atomic E-state index is 14.1. The number of rotatable bonds is 8. The van der Waals surface area contributed by atoms with Gasteiger partial charge < -0.3 is 14.4 Å². The average molecular weight is 580 g/mol. The zero-order chi connectivity index (χ0) is 29.5. The highest BCUT2D eigenvalue weighted by molar-refractivity contribution is 6.32. The third-order valence-corrected chi connectivity index (χ3v) is 8.68. The summed E-state index contributed by atoms with van der Waals surface area (Å²) >= 11 is 6.74. The Labute approximate surface area is 247 Å². The number of hydrogen-bond acceptors (Lipinski definition) is 5. The summed E-state index contributed by atoms with van der Waals surface area (Å²) in [5.41, 5.74) is 4.33. The van der Waals surface area contributed by atoms with Crippen molar-refractivity contribution in [3.05, 3.63) is 87.0 Å². The molecule has 41 heavy (non-hydrogen) atoms. The van der Waals surface area contributed by atoms with Crippen molar-refractivity contribution in [1.82, 2.24) is 4.90 Å². The van der Waals surface area contributed by atoms with Crippen molar-refractivity contribution in [2.24, 2.45) is 10.8 Å². The van der Waals surface area contributed by atoms with E-state index in [4.69, 9.17) is 21.1 Å². The maximum atomic E-state index is 14.1. The van der Waals surface area contributed by atoms with Gasteiger partial charge in [-0.2, -0.15) is 0 Å². The minimum atomic E-state index is -0.482. The fourth-order valence-electron chi connectivity index (χ4n) is 6.60.